The van der Waals surface area contributed by atoms with Gasteiger partial charge in [0.05, 0.1) is 27.9 Å². The molecule has 0 spiro atoms. The molecule has 1 heterocycles. The Balaban J connectivity index is 2.25. The molecule has 94 valence electrons. The molecule has 1 amide bonds. The molecule has 0 saturated carbocycles. The van der Waals surface area contributed by atoms with Crippen LogP contribution in [0.5, 0.6) is 0 Å². The summed E-state index contributed by atoms with van der Waals surface area (Å²) < 4.78 is 0. The van der Waals surface area contributed by atoms with E-state index in [0.29, 0.717) is 11.3 Å². The van der Waals surface area contributed by atoms with Gasteiger partial charge in [0.1, 0.15) is 5.82 Å². The number of benzene rings is 1. The second-order valence-corrected chi connectivity index (χ2v) is 4.10. The maximum Gasteiger partial charge on any atom is 0.259 e. The first-order valence-corrected chi connectivity index (χ1v) is 5.71. The Hall–Kier alpha value is -2.58. The van der Waals surface area contributed by atoms with Crippen molar-refractivity contribution in [3.05, 3.63) is 52.7 Å². The highest BCUT2D eigenvalue weighted by Crippen LogP contribution is 2.23. The highest BCUT2D eigenvalue weighted by atomic mass is 35.5. The summed E-state index contributed by atoms with van der Waals surface area (Å²) in [5.41, 5.74) is 6.71. The number of nitriles is 1. The number of halogens is 1. The van der Waals surface area contributed by atoms with E-state index in [2.05, 4.69) is 10.3 Å². The van der Waals surface area contributed by atoms with E-state index in [4.69, 9.17) is 22.6 Å². The van der Waals surface area contributed by atoms with Crippen LogP contribution >= 0.6 is 11.6 Å². The predicted molar refractivity (Wildman–Crippen MR) is 72.8 cm³/mol. The first-order valence-electron chi connectivity index (χ1n) is 5.33. The fourth-order valence-corrected chi connectivity index (χ4v) is 1.71. The molecule has 3 N–H and O–H groups in total. The molecule has 0 bridgehead atoms. The molecule has 0 atom stereocenters. The highest BCUT2D eigenvalue weighted by Gasteiger charge is 2.12. The van der Waals surface area contributed by atoms with Crippen LogP contribution in [0.4, 0.5) is 11.5 Å². The van der Waals surface area contributed by atoms with Crippen LogP contribution < -0.4 is 11.1 Å². The Morgan fingerprint density at radius 2 is 2.21 bits per heavy atom. The van der Waals surface area contributed by atoms with E-state index < -0.39 is 5.91 Å². The molecule has 2 rings (SSSR count). The molecule has 0 unspecified atom stereocenters. The smallest absolute Gasteiger partial charge is 0.259 e. The second kappa shape index (κ2) is 5.38. The van der Waals surface area contributed by atoms with E-state index in [1.54, 1.807) is 24.3 Å². The predicted octanol–water partition coefficient (Wildman–Crippen LogP) is 2.44. The minimum absolute atomic E-state index is 0.143. The summed E-state index contributed by atoms with van der Waals surface area (Å²) in [5.74, 6) is -0.262. The summed E-state index contributed by atoms with van der Waals surface area (Å²) in [7, 11) is 0. The van der Waals surface area contributed by atoms with Crippen molar-refractivity contribution < 1.29 is 4.79 Å². The molecule has 0 aliphatic rings. The fraction of sp³-hybridized carbons (Fsp3) is 0. The lowest BCUT2D eigenvalue weighted by molar-refractivity contribution is 0.102. The van der Waals surface area contributed by atoms with E-state index in [-0.39, 0.29) is 16.4 Å². The van der Waals surface area contributed by atoms with Crippen LogP contribution in [0.15, 0.2) is 36.5 Å². The Kier molecular flexibility index (Phi) is 3.64. The molecule has 0 fully saturated rings. The molecule has 6 heteroatoms. The van der Waals surface area contributed by atoms with Gasteiger partial charge in [0.15, 0.2) is 0 Å². The van der Waals surface area contributed by atoms with Gasteiger partial charge in [-0.1, -0.05) is 11.6 Å². The van der Waals surface area contributed by atoms with Crippen molar-refractivity contribution in [2.75, 3.05) is 11.1 Å². The van der Waals surface area contributed by atoms with Gasteiger partial charge in [-0.15, -0.1) is 0 Å². The number of nitrogens with one attached hydrogen (secondary N) is 1. The van der Waals surface area contributed by atoms with Gasteiger partial charge in [0.2, 0.25) is 0 Å². The number of nitrogens with two attached hydrogens (primary N) is 1. The van der Waals surface area contributed by atoms with Crippen molar-refractivity contribution in [2.24, 2.45) is 0 Å². The minimum atomic E-state index is -0.405. The van der Waals surface area contributed by atoms with Gasteiger partial charge in [-0.25, -0.2) is 4.98 Å². The minimum Gasteiger partial charge on any atom is -0.383 e. The highest BCUT2D eigenvalue weighted by molar-refractivity contribution is 6.34. The largest absolute Gasteiger partial charge is 0.383 e. The molecule has 0 aliphatic carbocycles. The third-order valence-corrected chi connectivity index (χ3v) is 2.74. The topological polar surface area (TPSA) is 91.8 Å². The Bertz CT molecular complexity index is 679. The summed E-state index contributed by atoms with van der Waals surface area (Å²) in [6.45, 7) is 0. The zero-order valence-corrected chi connectivity index (χ0v) is 10.5. The van der Waals surface area contributed by atoms with E-state index in [0.717, 1.165) is 0 Å². The summed E-state index contributed by atoms with van der Waals surface area (Å²) in [6, 6.07) is 9.74. The van der Waals surface area contributed by atoms with Gasteiger partial charge in [-0.2, -0.15) is 5.26 Å². The molecular formula is C13H9ClN4O. The van der Waals surface area contributed by atoms with Crippen molar-refractivity contribution in [2.45, 2.75) is 0 Å². The number of hydrogen-bond donors (Lipinski definition) is 2. The summed E-state index contributed by atoms with van der Waals surface area (Å²) in [6.07, 6.45) is 1.50. The van der Waals surface area contributed by atoms with Crippen LogP contribution in [0.25, 0.3) is 0 Å². The van der Waals surface area contributed by atoms with Crippen molar-refractivity contribution >= 4 is 29.0 Å². The number of hydrogen-bond acceptors (Lipinski definition) is 4. The van der Waals surface area contributed by atoms with Gasteiger partial charge in [0.25, 0.3) is 5.91 Å². The number of amides is 1. The van der Waals surface area contributed by atoms with Gasteiger partial charge in [0, 0.05) is 6.20 Å². The number of anilines is 2. The van der Waals surface area contributed by atoms with Crippen LogP contribution in [0.3, 0.4) is 0 Å². The maximum atomic E-state index is 12.0. The average molecular weight is 273 g/mol. The SMILES string of the molecule is N#Cc1ccc(NC(=O)c2cccnc2N)c(Cl)c1. The Labute approximate surface area is 114 Å². The number of rotatable bonds is 2. The fourth-order valence-electron chi connectivity index (χ4n) is 1.49. The summed E-state index contributed by atoms with van der Waals surface area (Å²) in [5, 5.41) is 11.6. The van der Waals surface area contributed by atoms with Crippen LogP contribution in [0.2, 0.25) is 5.02 Å². The number of carbonyl (C=O) groups is 1. The molecule has 19 heavy (non-hydrogen) atoms. The van der Waals surface area contributed by atoms with Crippen LogP contribution in [0.1, 0.15) is 15.9 Å². The van der Waals surface area contributed by atoms with Gasteiger partial charge < -0.3 is 11.1 Å². The molecule has 5 nitrogen and oxygen atoms in total. The van der Waals surface area contributed by atoms with E-state index in [1.165, 1.54) is 12.3 Å². The Morgan fingerprint density at radius 3 is 2.84 bits per heavy atom. The molecule has 0 saturated heterocycles. The molecule has 0 aliphatic heterocycles. The lowest BCUT2D eigenvalue weighted by Crippen LogP contribution is -2.15. The quantitative estimate of drug-likeness (QED) is 0.878. The lowest BCUT2D eigenvalue weighted by atomic mass is 10.2. The number of pyridine rings is 1. The van der Waals surface area contributed by atoms with E-state index in [1.807, 2.05) is 6.07 Å². The lowest BCUT2D eigenvalue weighted by Gasteiger charge is -2.08. The number of aromatic nitrogens is 1. The maximum absolute atomic E-state index is 12.0. The van der Waals surface area contributed by atoms with Gasteiger partial charge >= 0.3 is 0 Å². The molecule has 2 aromatic rings. The summed E-state index contributed by atoms with van der Waals surface area (Å²) in [4.78, 5) is 15.8. The van der Waals surface area contributed by atoms with E-state index in [9.17, 15) is 4.79 Å². The molecular weight excluding hydrogens is 264 g/mol. The first kappa shape index (κ1) is 12.9. The van der Waals surface area contributed by atoms with Crippen LogP contribution in [-0.2, 0) is 0 Å². The van der Waals surface area contributed by atoms with Gasteiger partial charge in [-0.05, 0) is 30.3 Å². The van der Waals surface area contributed by atoms with Crippen molar-refractivity contribution in [1.82, 2.24) is 4.98 Å². The molecule has 0 radical (unpaired) electrons. The summed E-state index contributed by atoms with van der Waals surface area (Å²) >= 11 is 5.97. The molecule has 1 aromatic carbocycles. The third kappa shape index (κ3) is 2.81. The number of nitrogens with zero attached hydrogens (tertiary/aromatic N) is 2. The standard InChI is InChI=1S/C13H9ClN4O/c14-10-6-8(7-15)3-4-11(10)18-13(19)9-2-1-5-17-12(9)16/h1-6H,(H2,16,17)(H,18,19). The zero-order chi connectivity index (χ0) is 13.8. The van der Waals surface area contributed by atoms with Crippen molar-refractivity contribution in [1.29, 1.82) is 5.26 Å². The normalized spacial score (nSPS) is 9.68. The zero-order valence-electron chi connectivity index (χ0n) is 9.72. The third-order valence-electron chi connectivity index (χ3n) is 2.43. The van der Waals surface area contributed by atoms with E-state index >= 15 is 0 Å². The first-order chi connectivity index (χ1) is 9.11. The molecule has 1 aromatic heterocycles. The van der Waals surface area contributed by atoms with Crippen LogP contribution in [-0.4, -0.2) is 10.9 Å². The number of nitrogen functional groups attached to an aromatic ring is 1. The average Bonchev–Trinajstić information content (AvgIpc) is 2.41. The number of carbonyl (C=O) groups excluding carboxylic acids is 1. The van der Waals surface area contributed by atoms with Crippen molar-refractivity contribution in [3.63, 3.8) is 0 Å². The second-order valence-electron chi connectivity index (χ2n) is 3.70. The monoisotopic (exact) mass is 272 g/mol. The van der Waals surface area contributed by atoms with Gasteiger partial charge in [-0.3, -0.25) is 4.79 Å². The Morgan fingerprint density at radius 1 is 1.42 bits per heavy atom. The van der Waals surface area contributed by atoms with Crippen molar-refractivity contribution in [3.8, 4) is 6.07 Å². The van der Waals surface area contributed by atoms with Crippen LogP contribution in [0, 0.1) is 11.3 Å².